The fourth-order valence-corrected chi connectivity index (χ4v) is 0.494. The summed E-state index contributed by atoms with van der Waals surface area (Å²) in [6, 6.07) is 0. The monoisotopic (exact) mass is 143 g/mol. The first-order valence-corrected chi connectivity index (χ1v) is 3.29. The molecule has 0 heterocycles. The summed E-state index contributed by atoms with van der Waals surface area (Å²) in [5, 5.41) is 11.7. The van der Waals surface area contributed by atoms with Gasteiger partial charge in [0.05, 0.1) is 0 Å². The largest absolute Gasteiger partial charge is 0.505 e. The zero-order valence-electron chi connectivity index (χ0n) is 6.35. The molecule has 0 aromatic heterocycles. The molecular formula is C7H13NO2. The van der Waals surface area contributed by atoms with Crippen LogP contribution in [0.25, 0.3) is 0 Å². The number of allylic oxidation sites excluding steroid dienone is 1. The van der Waals surface area contributed by atoms with E-state index < -0.39 is 0 Å². The summed E-state index contributed by atoms with van der Waals surface area (Å²) < 4.78 is 0. The zero-order valence-corrected chi connectivity index (χ0v) is 6.35. The van der Waals surface area contributed by atoms with Crippen LogP contribution in [0.4, 0.5) is 0 Å². The first-order valence-electron chi connectivity index (χ1n) is 3.29. The lowest BCUT2D eigenvalue weighted by Gasteiger charge is -1.94. The number of likely N-dealkylation sites (N-methyl/N-ethyl adjacent to an activating group) is 1. The molecule has 0 rings (SSSR count). The van der Waals surface area contributed by atoms with Gasteiger partial charge in [-0.2, -0.15) is 0 Å². The Bertz CT molecular complexity index is 141. The molecule has 0 bridgehead atoms. The molecule has 0 amide bonds. The molecule has 58 valence electrons. The molecule has 0 radical (unpaired) electrons. The molecule has 0 aliphatic heterocycles. The number of carbonyl (C=O) groups excluding carboxylic acids is 1. The van der Waals surface area contributed by atoms with Crippen LogP contribution in [0.2, 0.25) is 0 Å². The van der Waals surface area contributed by atoms with Crippen LogP contribution in [-0.4, -0.2) is 24.5 Å². The van der Waals surface area contributed by atoms with Crippen molar-refractivity contribution in [3.63, 3.8) is 0 Å². The first kappa shape index (κ1) is 9.17. The minimum atomic E-state index is -0.213. The molecule has 0 aromatic carbocycles. The predicted molar refractivity (Wildman–Crippen MR) is 39.9 cm³/mol. The van der Waals surface area contributed by atoms with Gasteiger partial charge in [-0.1, -0.05) is 6.92 Å². The minimum Gasteiger partial charge on any atom is -0.505 e. The van der Waals surface area contributed by atoms with E-state index >= 15 is 0 Å². The smallest absolute Gasteiger partial charge is 0.196 e. The molecule has 3 heteroatoms. The summed E-state index contributed by atoms with van der Waals surface area (Å²) in [6.07, 6.45) is 1.82. The van der Waals surface area contributed by atoms with Crippen LogP contribution < -0.4 is 5.32 Å². The maximum Gasteiger partial charge on any atom is 0.196 e. The summed E-state index contributed by atoms with van der Waals surface area (Å²) in [5.74, 6) is -0.355. The van der Waals surface area contributed by atoms with Crippen molar-refractivity contribution < 1.29 is 9.90 Å². The second-order valence-electron chi connectivity index (χ2n) is 1.92. The molecule has 0 unspecified atom stereocenters. The van der Waals surface area contributed by atoms with Crippen LogP contribution in [0, 0.1) is 0 Å². The topological polar surface area (TPSA) is 49.3 Å². The lowest BCUT2D eigenvalue weighted by atomic mass is 10.2. The lowest BCUT2D eigenvalue weighted by Crippen LogP contribution is -2.08. The van der Waals surface area contributed by atoms with Crippen molar-refractivity contribution in [2.75, 3.05) is 13.6 Å². The highest BCUT2D eigenvalue weighted by Crippen LogP contribution is 1.92. The number of carbonyl (C=O) groups is 1. The van der Waals surface area contributed by atoms with Gasteiger partial charge >= 0.3 is 0 Å². The van der Waals surface area contributed by atoms with Gasteiger partial charge in [0.25, 0.3) is 0 Å². The normalized spacial score (nSPS) is 11.6. The van der Waals surface area contributed by atoms with Crippen molar-refractivity contribution in [2.24, 2.45) is 0 Å². The number of aliphatic hydroxyl groups is 1. The van der Waals surface area contributed by atoms with Crippen molar-refractivity contribution in [1.29, 1.82) is 0 Å². The Morgan fingerprint density at radius 3 is 2.70 bits per heavy atom. The molecule has 0 aliphatic rings. The molecule has 0 fully saturated rings. The molecule has 10 heavy (non-hydrogen) atoms. The second kappa shape index (κ2) is 4.99. The van der Waals surface area contributed by atoms with E-state index in [1.165, 1.54) is 6.08 Å². The van der Waals surface area contributed by atoms with E-state index in [1.54, 1.807) is 14.0 Å². The van der Waals surface area contributed by atoms with Gasteiger partial charge in [-0.15, -0.1) is 0 Å². The van der Waals surface area contributed by atoms with Crippen LogP contribution >= 0.6 is 0 Å². The third kappa shape index (κ3) is 3.25. The van der Waals surface area contributed by atoms with E-state index in [4.69, 9.17) is 5.11 Å². The Kier molecular flexibility index (Phi) is 4.58. The maximum absolute atomic E-state index is 10.7. The Morgan fingerprint density at radius 1 is 1.70 bits per heavy atom. The van der Waals surface area contributed by atoms with Crippen molar-refractivity contribution in [3.8, 4) is 0 Å². The summed E-state index contributed by atoms with van der Waals surface area (Å²) >= 11 is 0. The van der Waals surface area contributed by atoms with Crippen LogP contribution in [0.1, 0.15) is 13.3 Å². The van der Waals surface area contributed by atoms with Gasteiger partial charge in [0, 0.05) is 13.0 Å². The van der Waals surface area contributed by atoms with Gasteiger partial charge in [-0.05, 0) is 13.1 Å². The maximum atomic E-state index is 10.7. The van der Waals surface area contributed by atoms with E-state index in [0.29, 0.717) is 13.0 Å². The predicted octanol–water partition coefficient (Wildman–Crippen LogP) is 0.627. The van der Waals surface area contributed by atoms with Crippen molar-refractivity contribution >= 4 is 5.78 Å². The Labute approximate surface area is 60.7 Å². The SMILES string of the molecule is CCC(=O)/C(O)=C/CNC. The summed E-state index contributed by atoms with van der Waals surface area (Å²) in [7, 11) is 1.75. The lowest BCUT2D eigenvalue weighted by molar-refractivity contribution is -0.117. The van der Waals surface area contributed by atoms with E-state index in [9.17, 15) is 4.79 Å². The second-order valence-corrected chi connectivity index (χ2v) is 1.92. The van der Waals surface area contributed by atoms with Crippen LogP contribution in [0.5, 0.6) is 0 Å². The highest BCUT2D eigenvalue weighted by atomic mass is 16.3. The zero-order chi connectivity index (χ0) is 7.98. The number of hydrogen-bond donors (Lipinski definition) is 2. The van der Waals surface area contributed by atoms with Gasteiger partial charge in [-0.3, -0.25) is 4.79 Å². The Balaban J connectivity index is 3.80. The number of hydrogen-bond acceptors (Lipinski definition) is 3. The van der Waals surface area contributed by atoms with E-state index in [0.717, 1.165) is 0 Å². The number of rotatable bonds is 4. The average Bonchev–Trinajstić information content (AvgIpc) is 1.98. The minimum absolute atomic E-state index is 0.142. The van der Waals surface area contributed by atoms with Crippen molar-refractivity contribution in [1.82, 2.24) is 5.32 Å². The fraction of sp³-hybridized carbons (Fsp3) is 0.571. The molecule has 0 aliphatic carbocycles. The first-order chi connectivity index (χ1) is 4.72. The van der Waals surface area contributed by atoms with Gasteiger partial charge in [-0.25, -0.2) is 0 Å². The molecule has 0 saturated heterocycles. The quantitative estimate of drug-likeness (QED) is 0.448. The molecule has 0 atom stereocenters. The molecule has 2 N–H and O–H groups in total. The molecular weight excluding hydrogens is 130 g/mol. The van der Waals surface area contributed by atoms with E-state index in [-0.39, 0.29) is 11.5 Å². The van der Waals surface area contributed by atoms with Gasteiger partial charge < -0.3 is 10.4 Å². The molecule has 3 nitrogen and oxygen atoms in total. The van der Waals surface area contributed by atoms with Crippen LogP contribution in [0.3, 0.4) is 0 Å². The van der Waals surface area contributed by atoms with Gasteiger partial charge in [0.2, 0.25) is 0 Å². The van der Waals surface area contributed by atoms with Crippen LogP contribution in [0.15, 0.2) is 11.8 Å². The third-order valence-corrected chi connectivity index (χ3v) is 1.11. The number of aliphatic hydroxyl groups excluding tert-OH is 1. The Morgan fingerprint density at radius 2 is 2.30 bits per heavy atom. The number of Topliss-reactive ketones (excluding diaryl/α,β-unsaturated/α-hetero) is 1. The van der Waals surface area contributed by atoms with Gasteiger partial charge in [0.15, 0.2) is 11.5 Å². The Hall–Kier alpha value is -0.830. The van der Waals surface area contributed by atoms with E-state index in [1.807, 2.05) is 0 Å². The fourth-order valence-electron chi connectivity index (χ4n) is 0.494. The van der Waals surface area contributed by atoms with Gasteiger partial charge in [0.1, 0.15) is 0 Å². The standard InChI is InChI=1S/C7H13NO2/c1-3-6(9)7(10)4-5-8-2/h4,8,10H,3,5H2,1-2H3/b7-4-. The molecule has 0 saturated carbocycles. The van der Waals surface area contributed by atoms with Crippen molar-refractivity contribution in [2.45, 2.75) is 13.3 Å². The average molecular weight is 143 g/mol. The summed E-state index contributed by atoms with van der Waals surface area (Å²) in [4.78, 5) is 10.7. The number of nitrogens with one attached hydrogen (secondary N) is 1. The molecule has 0 spiro atoms. The number of ketones is 1. The summed E-state index contributed by atoms with van der Waals surface area (Å²) in [5.41, 5.74) is 0. The summed E-state index contributed by atoms with van der Waals surface area (Å²) in [6.45, 7) is 2.24. The van der Waals surface area contributed by atoms with E-state index in [2.05, 4.69) is 5.32 Å². The third-order valence-electron chi connectivity index (χ3n) is 1.11. The van der Waals surface area contributed by atoms with Crippen molar-refractivity contribution in [3.05, 3.63) is 11.8 Å². The molecule has 0 aromatic rings. The highest BCUT2D eigenvalue weighted by molar-refractivity contribution is 5.92. The highest BCUT2D eigenvalue weighted by Gasteiger charge is 2.01. The van der Waals surface area contributed by atoms with Crippen LogP contribution in [-0.2, 0) is 4.79 Å².